The minimum atomic E-state index is -0.896. The lowest BCUT2D eigenvalue weighted by atomic mass is 9.92. The Morgan fingerprint density at radius 3 is 2.72 bits per heavy atom. The van der Waals surface area contributed by atoms with Gasteiger partial charge in [0.25, 0.3) is 5.91 Å². The molecule has 29 heavy (non-hydrogen) atoms. The summed E-state index contributed by atoms with van der Waals surface area (Å²) >= 11 is 0. The summed E-state index contributed by atoms with van der Waals surface area (Å²) in [5.41, 5.74) is 3.29. The fraction of sp³-hybridized carbons (Fsp3) is 0.227. The van der Waals surface area contributed by atoms with Crippen LogP contribution in [0, 0.1) is 12.8 Å². The van der Waals surface area contributed by atoms with E-state index in [1.807, 2.05) is 6.92 Å². The summed E-state index contributed by atoms with van der Waals surface area (Å²) in [5.74, 6) is -1.65. The van der Waals surface area contributed by atoms with Crippen LogP contribution in [0.5, 0.6) is 5.75 Å². The van der Waals surface area contributed by atoms with Crippen molar-refractivity contribution in [1.29, 1.82) is 0 Å². The zero-order chi connectivity index (χ0) is 20.3. The van der Waals surface area contributed by atoms with Gasteiger partial charge in [0.2, 0.25) is 0 Å². The van der Waals surface area contributed by atoms with Crippen LogP contribution in [0.4, 0.5) is 5.69 Å². The number of aryl methyl sites for hydroxylation is 1. The number of carbonyl (C=O) groups is 2. The molecule has 7 heteroatoms. The molecule has 0 saturated heterocycles. The third kappa shape index (κ3) is 2.69. The number of aromatic hydroxyl groups is 1. The minimum absolute atomic E-state index is 0.0324. The Morgan fingerprint density at radius 1 is 1.17 bits per heavy atom. The second-order valence-electron chi connectivity index (χ2n) is 7.64. The fourth-order valence-electron chi connectivity index (χ4n) is 3.95. The molecule has 3 aromatic rings. The number of carbonyl (C=O) groups excluding carboxylic acids is 2. The molecule has 1 aliphatic carbocycles. The van der Waals surface area contributed by atoms with Crippen molar-refractivity contribution in [3.05, 3.63) is 65.2 Å². The standard InChI is InChI=1S/C22H19N3O4/c1-11-2-7-17(26)14(8-11)19-18(20(27)12-3-4-12)21(28)22(29)25(19)13-5-6-15-16(9-13)24-10-23-15/h2,5-10,12,19,26,28H,3-4H2,1H3,(H,23,24). The van der Waals surface area contributed by atoms with Gasteiger partial charge in [-0.3, -0.25) is 14.5 Å². The molecule has 146 valence electrons. The number of fused-ring (bicyclic) bond motifs is 1. The van der Waals surface area contributed by atoms with Gasteiger partial charge in [-0.15, -0.1) is 0 Å². The lowest BCUT2D eigenvalue weighted by Crippen LogP contribution is -2.31. The first-order valence-electron chi connectivity index (χ1n) is 9.49. The lowest BCUT2D eigenvalue weighted by molar-refractivity contribution is -0.118. The number of imidazole rings is 1. The molecule has 1 atom stereocenters. The van der Waals surface area contributed by atoms with E-state index in [1.54, 1.807) is 42.7 Å². The molecule has 0 spiro atoms. The maximum atomic E-state index is 13.1. The first kappa shape index (κ1) is 17.5. The predicted molar refractivity (Wildman–Crippen MR) is 107 cm³/mol. The quantitative estimate of drug-likeness (QED) is 0.634. The van der Waals surface area contributed by atoms with Gasteiger partial charge in [-0.05, 0) is 50.1 Å². The highest BCUT2D eigenvalue weighted by atomic mass is 16.3. The first-order valence-corrected chi connectivity index (χ1v) is 9.49. The number of nitrogens with one attached hydrogen (secondary N) is 1. The van der Waals surface area contributed by atoms with Gasteiger partial charge in [-0.1, -0.05) is 11.6 Å². The van der Waals surface area contributed by atoms with E-state index in [0.29, 0.717) is 16.8 Å². The van der Waals surface area contributed by atoms with E-state index < -0.39 is 17.7 Å². The number of phenols is 1. The Balaban J connectivity index is 1.71. The Bertz CT molecular complexity index is 1210. The molecular formula is C22H19N3O4. The van der Waals surface area contributed by atoms with Gasteiger partial charge in [0, 0.05) is 17.2 Å². The third-order valence-corrected chi connectivity index (χ3v) is 5.58. The van der Waals surface area contributed by atoms with E-state index in [9.17, 15) is 19.8 Å². The molecule has 0 radical (unpaired) electrons. The average Bonchev–Trinajstić information content (AvgIpc) is 3.40. The fourth-order valence-corrected chi connectivity index (χ4v) is 3.95. The van der Waals surface area contributed by atoms with Crippen LogP contribution >= 0.6 is 0 Å². The van der Waals surface area contributed by atoms with E-state index in [0.717, 1.165) is 23.9 Å². The van der Waals surface area contributed by atoms with Gasteiger partial charge >= 0.3 is 0 Å². The van der Waals surface area contributed by atoms with Crippen molar-refractivity contribution in [2.24, 2.45) is 5.92 Å². The zero-order valence-electron chi connectivity index (χ0n) is 15.7. The molecule has 2 heterocycles. The molecule has 0 bridgehead atoms. The van der Waals surface area contributed by atoms with Gasteiger partial charge in [0.15, 0.2) is 11.5 Å². The summed E-state index contributed by atoms with van der Waals surface area (Å²) in [5, 5.41) is 21.2. The second-order valence-corrected chi connectivity index (χ2v) is 7.64. The molecule has 3 N–H and O–H groups in total. The number of amides is 1. The van der Waals surface area contributed by atoms with Crippen molar-refractivity contribution in [2.45, 2.75) is 25.8 Å². The van der Waals surface area contributed by atoms with Crippen LogP contribution in [0.3, 0.4) is 0 Å². The first-order chi connectivity index (χ1) is 14.0. The molecule has 2 aliphatic rings. The van der Waals surface area contributed by atoms with E-state index in [-0.39, 0.29) is 23.0 Å². The van der Waals surface area contributed by atoms with Crippen LogP contribution in [-0.4, -0.2) is 31.9 Å². The van der Waals surface area contributed by atoms with E-state index >= 15 is 0 Å². The van der Waals surface area contributed by atoms with Gasteiger partial charge in [-0.25, -0.2) is 4.98 Å². The number of nitrogens with zero attached hydrogens (tertiary/aromatic N) is 2. The highest BCUT2D eigenvalue weighted by molar-refractivity contribution is 6.17. The third-order valence-electron chi connectivity index (χ3n) is 5.58. The average molecular weight is 389 g/mol. The summed E-state index contributed by atoms with van der Waals surface area (Å²) in [7, 11) is 0. The number of anilines is 1. The number of rotatable bonds is 4. The van der Waals surface area contributed by atoms with E-state index in [2.05, 4.69) is 9.97 Å². The van der Waals surface area contributed by atoms with Gasteiger partial charge in [-0.2, -0.15) is 0 Å². The molecule has 1 saturated carbocycles. The van der Waals surface area contributed by atoms with Crippen molar-refractivity contribution >= 4 is 28.4 Å². The summed E-state index contributed by atoms with van der Waals surface area (Å²) in [6.45, 7) is 1.87. The number of phenolic OH excluding ortho intramolecular Hbond substituents is 1. The minimum Gasteiger partial charge on any atom is -0.508 e. The number of aromatic nitrogens is 2. The Kier molecular flexibility index (Phi) is 3.74. The van der Waals surface area contributed by atoms with E-state index in [4.69, 9.17) is 0 Å². The SMILES string of the molecule is Cc1ccc(O)c(C2C(C(=O)C3CC3)=C(O)C(=O)N2c2ccc3[nH]cnc3c2)c1. The van der Waals surface area contributed by atoms with Crippen molar-refractivity contribution in [1.82, 2.24) is 9.97 Å². The summed E-state index contributed by atoms with van der Waals surface area (Å²) < 4.78 is 0. The number of H-pyrrole nitrogens is 1. The predicted octanol–water partition coefficient (Wildman–Crippen LogP) is 3.46. The number of benzene rings is 2. The molecule has 1 unspecified atom stereocenters. The number of aliphatic hydroxyl groups is 1. The molecule has 7 nitrogen and oxygen atoms in total. The number of ketones is 1. The summed E-state index contributed by atoms with van der Waals surface area (Å²) in [6, 6.07) is 9.38. The molecule has 1 fully saturated rings. The Morgan fingerprint density at radius 2 is 1.97 bits per heavy atom. The topological polar surface area (TPSA) is 107 Å². The molecule has 1 aliphatic heterocycles. The van der Waals surface area contributed by atoms with Crippen molar-refractivity contribution in [3.63, 3.8) is 0 Å². The number of aromatic amines is 1. The summed E-state index contributed by atoms with van der Waals surface area (Å²) in [6.07, 6.45) is 3.05. The largest absolute Gasteiger partial charge is 0.508 e. The molecule has 1 aromatic heterocycles. The maximum Gasteiger partial charge on any atom is 0.294 e. The van der Waals surface area contributed by atoms with Crippen LogP contribution in [0.1, 0.15) is 30.0 Å². The van der Waals surface area contributed by atoms with Crippen LogP contribution in [0.25, 0.3) is 11.0 Å². The van der Waals surface area contributed by atoms with Gasteiger partial charge < -0.3 is 15.2 Å². The number of Topliss-reactive ketones (excluding diaryl/α,β-unsaturated/α-hetero) is 1. The molecule has 1 amide bonds. The van der Waals surface area contributed by atoms with Crippen LogP contribution in [0.15, 0.2) is 54.1 Å². The summed E-state index contributed by atoms with van der Waals surface area (Å²) in [4.78, 5) is 34.7. The maximum absolute atomic E-state index is 13.1. The Hall–Kier alpha value is -3.61. The highest BCUT2D eigenvalue weighted by Crippen LogP contribution is 2.47. The molecule has 5 rings (SSSR count). The van der Waals surface area contributed by atoms with Gasteiger partial charge in [0.05, 0.1) is 29.0 Å². The Labute approximate surface area is 166 Å². The van der Waals surface area contributed by atoms with Crippen LogP contribution in [-0.2, 0) is 9.59 Å². The van der Waals surface area contributed by atoms with Crippen LogP contribution < -0.4 is 4.90 Å². The lowest BCUT2D eigenvalue weighted by Gasteiger charge is -2.27. The normalized spacial score (nSPS) is 19.4. The van der Waals surface area contributed by atoms with Crippen molar-refractivity contribution in [2.75, 3.05) is 4.90 Å². The molecular weight excluding hydrogens is 370 g/mol. The monoisotopic (exact) mass is 389 g/mol. The second kappa shape index (κ2) is 6.20. The zero-order valence-corrected chi connectivity index (χ0v) is 15.7. The van der Waals surface area contributed by atoms with Crippen molar-refractivity contribution < 1.29 is 19.8 Å². The molecule has 2 aromatic carbocycles. The van der Waals surface area contributed by atoms with E-state index in [1.165, 1.54) is 4.90 Å². The smallest absolute Gasteiger partial charge is 0.294 e. The number of hydrogen-bond donors (Lipinski definition) is 3. The van der Waals surface area contributed by atoms with Gasteiger partial charge in [0.1, 0.15) is 5.75 Å². The van der Waals surface area contributed by atoms with Crippen LogP contribution in [0.2, 0.25) is 0 Å². The number of aliphatic hydroxyl groups excluding tert-OH is 1. The highest BCUT2D eigenvalue weighted by Gasteiger charge is 2.48. The van der Waals surface area contributed by atoms with Crippen molar-refractivity contribution in [3.8, 4) is 5.75 Å². The number of hydrogen-bond acceptors (Lipinski definition) is 5.